The quantitative estimate of drug-likeness (QED) is 0.0987. The Bertz CT molecular complexity index is 1830. The molecule has 0 bridgehead atoms. The van der Waals surface area contributed by atoms with Gasteiger partial charge in [-0.1, -0.05) is 45.4 Å². The second-order valence-electron chi connectivity index (χ2n) is 12.2. The number of benzene rings is 2. The number of sulfonamides is 1. The Balaban J connectivity index is 1.39. The highest BCUT2D eigenvalue weighted by Gasteiger charge is 2.35. The molecule has 0 aliphatic carbocycles. The maximum Gasteiger partial charge on any atom is 0.263 e. The molecule has 242 valence electrons. The van der Waals surface area contributed by atoms with Gasteiger partial charge < -0.3 is 10.1 Å². The molecule has 0 unspecified atom stereocenters. The van der Waals surface area contributed by atoms with Crippen molar-refractivity contribution in [2.45, 2.75) is 45.9 Å². The van der Waals surface area contributed by atoms with Crippen molar-refractivity contribution in [3.8, 4) is 17.0 Å². The molecule has 4 rings (SSSR count). The van der Waals surface area contributed by atoms with Gasteiger partial charge in [0.05, 0.1) is 33.5 Å². The Hall–Kier alpha value is -4.52. The highest BCUT2D eigenvalue weighted by molar-refractivity contribution is 7.92. The largest absolute Gasteiger partial charge is 0.493 e. The van der Waals surface area contributed by atoms with Crippen molar-refractivity contribution in [2.24, 2.45) is 10.8 Å². The molecule has 4 N–H and O–H groups in total. The van der Waals surface area contributed by atoms with Crippen molar-refractivity contribution in [1.29, 1.82) is 0 Å². The van der Waals surface area contributed by atoms with Gasteiger partial charge in [-0.05, 0) is 85.5 Å². The van der Waals surface area contributed by atoms with Gasteiger partial charge in [0.1, 0.15) is 11.6 Å². The van der Waals surface area contributed by atoms with Crippen molar-refractivity contribution in [2.75, 3.05) is 16.6 Å². The smallest absolute Gasteiger partial charge is 0.263 e. The number of anilines is 2. The zero-order chi connectivity index (χ0) is 33.7. The second-order valence-corrected chi connectivity index (χ2v) is 14.3. The number of hydrogen-bond donors (Lipinski definition) is 4. The SMILES string of the molecule is Cc1nc(NS(=O)(=O)c2ccc(OCC(C)(C)CC(C)(C)C(=O)NO)cc2)ccc1C(=O)Nc1ccc(Cl)c(-c2ccccn2)c1. The molecule has 2 amide bonds. The Kier molecular flexibility index (Phi) is 10.3. The summed E-state index contributed by atoms with van der Waals surface area (Å²) >= 11 is 6.35. The van der Waals surface area contributed by atoms with Gasteiger partial charge in [-0.2, -0.15) is 0 Å². The van der Waals surface area contributed by atoms with E-state index >= 15 is 0 Å². The third kappa shape index (κ3) is 8.59. The third-order valence-electron chi connectivity index (χ3n) is 7.13. The van der Waals surface area contributed by atoms with E-state index in [0.29, 0.717) is 39.8 Å². The Morgan fingerprint density at radius 3 is 2.33 bits per heavy atom. The first-order valence-electron chi connectivity index (χ1n) is 14.3. The Labute approximate surface area is 273 Å². The van der Waals surface area contributed by atoms with Crippen LogP contribution in [0.25, 0.3) is 11.3 Å². The number of ether oxygens (including phenoxy) is 1. The molecule has 0 spiro atoms. The van der Waals surface area contributed by atoms with Crippen LogP contribution >= 0.6 is 11.6 Å². The van der Waals surface area contributed by atoms with E-state index in [1.54, 1.807) is 68.8 Å². The van der Waals surface area contributed by atoms with Crippen molar-refractivity contribution in [3.05, 3.63) is 95.3 Å². The molecule has 11 nitrogen and oxygen atoms in total. The summed E-state index contributed by atoms with van der Waals surface area (Å²) in [5, 5.41) is 12.3. The summed E-state index contributed by atoms with van der Waals surface area (Å²) in [7, 11) is -4.00. The van der Waals surface area contributed by atoms with E-state index in [1.165, 1.54) is 24.3 Å². The lowest BCUT2D eigenvalue weighted by molar-refractivity contribution is -0.140. The lowest BCUT2D eigenvalue weighted by Gasteiger charge is -2.33. The first kappa shape index (κ1) is 34.4. The number of amides is 2. The predicted molar refractivity (Wildman–Crippen MR) is 176 cm³/mol. The molecule has 0 aliphatic rings. The molecule has 0 aliphatic heterocycles. The zero-order valence-corrected chi connectivity index (χ0v) is 27.7. The Morgan fingerprint density at radius 2 is 1.70 bits per heavy atom. The maximum atomic E-state index is 13.1. The molecular weight excluding hydrogens is 630 g/mol. The van der Waals surface area contributed by atoms with Gasteiger partial charge in [0.2, 0.25) is 5.91 Å². The molecule has 0 radical (unpaired) electrons. The highest BCUT2D eigenvalue weighted by atomic mass is 35.5. The fourth-order valence-electron chi connectivity index (χ4n) is 5.05. The standard InChI is InChI=1S/C33H36ClN5O6S/c1-21-25(30(40)37-22-9-15-27(34)26(18-22)28-8-6-7-17-35-28)14-16-29(36-21)39-46(43,44)24-12-10-23(11-13-24)45-20-32(2,3)19-33(4,5)31(41)38-42/h6-18,42H,19-20H2,1-5H3,(H,36,39)(H,37,40)(H,38,41). The van der Waals surface area contributed by atoms with Gasteiger partial charge >= 0.3 is 0 Å². The van der Waals surface area contributed by atoms with Crippen LogP contribution in [-0.4, -0.2) is 42.0 Å². The number of hydroxylamine groups is 1. The zero-order valence-electron chi connectivity index (χ0n) is 26.1. The number of aromatic nitrogens is 2. The predicted octanol–water partition coefficient (Wildman–Crippen LogP) is 6.49. The normalized spacial score (nSPS) is 11.9. The van der Waals surface area contributed by atoms with Crippen molar-refractivity contribution >= 4 is 44.9 Å². The van der Waals surface area contributed by atoms with Crippen LogP contribution in [0.1, 0.15) is 50.2 Å². The van der Waals surface area contributed by atoms with Crippen LogP contribution in [0.2, 0.25) is 5.02 Å². The third-order valence-corrected chi connectivity index (χ3v) is 8.83. The summed E-state index contributed by atoms with van der Waals surface area (Å²) in [5.74, 6) is -0.408. The van der Waals surface area contributed by atoms with Crippen LogP contribution in [0.3, 0.4) is 0 Å². The summed E-state index contributed by atoms with van der Waals surface area (Å²) in [6, 6.07) is 19.3. The summed E-state index contributed by atoms with van der Waals surface area (Å²) in [5.41, 5.74) is 2.87. The van der Waals surface area contributed by atoms with E-state index in [1.807, 2.05) is 26.0 Å². The van der Waals surface area contributed by atoms with Crippen molar-refractivity contribution in [3.63, 3.8) is 0 Å². The van der Waals surface area contributed by atoms with Crippen LogP contribution in [0.5, 0.6) is 5.75 Å². The van der Waals surface area contributed by atoms with E-state index in [4.69, 9.17) is 21.5 Å². The van der Waals surface area contributed by atoms with E-state index in [-0.39, 0.29) is 22.9 Å². The van der Waals surface area contributed by atoms with E-state index < -0.39 is 32.7 Å². The van der Waals surface area contributed by atoms with E-state index in [9.17, 15) is 18.0 Å². The molecule has 13 heteroatoms. The first-order chi connectivity index (χ1) is 21.6. The molecule has 0 fully saturated rings. The highest BCUT2D eigenvalue weighted by Crippen LogP contribution is 2.35. The van der Waals surface area contributed by atoms with Crippen molar-refractivity contribution < 1.29 is 28.0 Å². The number of hydrogen-bond acceptors (Lipinski definition) is 8. The molecular formula is C33H36ClN5O6S. The molecule has 0 saturated carbocycles. The second kappa shape index (κ2) is 13.9. The number of pyridine rings is 2. The minimum Gasteiger partial charge on any atom is -0.493 e. The van der Waals surface area contributed by atoms with Gasteiger partial charge in [-0.3, -0.25) is 24.5 Å². The number of halogens is 1. The molecule has 2 aromatic carbocycles. The average molecular weight is 666 g/mol. The van der Waals surface area contributed by atoms with Crippen LogP contribution in [0.4, 0.5) is 11.5 Å². The summed E-state index contributed by atoms with van der Waals surface area (Å²) in [6.45, 7) is 9.19. The number of nitrogens with zero attached hydrogens (tertiary/aromatic N) is 2. The molecule has 2 heterocycles. The topological polar surface area (TPSA) is 160 Å². The average Bonchev–Trinajstić information content (AvgIpc) is 3.00. The van der Waals surface area contributed by atoms with Crippen LogP contribution < -0.4 is 20.3 Å². The van der Waals surface area contributed by atoms with Crippen LogP contribution in [0.15, 0.2) is 83.9 Å². The van der Waals surface area contributed by atoms with E-state index in [2.05, 4.69) is 20.0 Å². The number of nitrogens with one attached hydrogen (secondary N) is 3. The summed E-state index contributed by atoms with van der Waals surface area (Å²) < 4.78 is 34.5. The number of rotatable bonds is 12. The minimum absolute atomic E-state index is 0.00687. The first-order valence-corrected chi connectivity index (χ1v) is 16.2. The minimum atomic E-state index is -4.00. The van der Waals surface area contributed by atoms with Gasteiger partial charge in [-0.25, -0.2) is 18.9 Å². The number of aryl methyl sites for hydroxylation is 1. The molecule has 4 aromatic rings. The van der Waals surface area contributed by atoms with Crippen molar-refractivity contribution in [1.82, 2.24) is 15.4 Å². The van der Waals surface area contributed by atoms with Crippen LogP contribution in [0, 0.1) is 17.8 Å². The molecule has 0 saturated heterocycles. The maximum absolute atomic E-state index is 13.1. The van der Waals surface area contributed by atoms with Gasteiger partial charge in [0.25, 0.3) is 15.9 Å². The summed E-state index contributed by atoms with van der Waals surface area (Å²) in [4.78, 5) is 33.6. The van der Waals surface area contributed by atoms with E-state index in [0.717, 1.165) is 0 Å². The molecule has 46 heavy (non-hydrogen) atoms. The molecule has 0 atom stereocenters. The van der Waals surface area contributed by atoms with Gasteiger partial charge in [-0.15, -0.1) is 0 Å². The Morgan fingerprint density at radius 1 is 0.978 bits per heavy atom. The summed E-state index contributed by atoms with van der Waals surface area (Å²) in [6.07, 6.45) is 2.09. The molecule has 2 aromatic heterocycles. The number of carbonyl (C=O) groups excluding carboxylic acids is 2. The monoisotopic (exact) mass is 665 g/mol. The van der Waals surface area contributed by atoms with Gasteiger partial charge in [0, 0.05) is 22.9 Å². The van der Waals surface area contributed by atoms with Crippen LogP contribution in [-0.2, 0) is 14.8 Å². The fraction of sp³-hybridized carbons (Fsp3) is 0.273. The lowest BCUT2D eigenvalue weighted by atomic mass is 9.75. The lowest BCUT2D eigenvalue weighted by Crippen LogP contribution is -2.39. The fourth-order valence-corrected chi connectivity index (χ4v) is 6.26. The number of carbonyl (C=O) groups is 2. The van der Waals surface area contributed by atoms with Gasteiger partial charge in [0.15, 0.2) is 0 Å².